The van der Waals surface area contributed by atoms with Crippen LogP contribution in [-0.4, -0.2) is 21.4 Å². The summed E-state index contributed by atoms with van der Waals surface area (Å²) >= 11 is 0. The molecular formula is C40H26N4O2. The molecule has 0 N–H and O–H groups in total. The van der Waals surface area contributed by atoms with E-state index in [4.69, 9.17) is 0 Å². The van der Waals surface area contributed by atoms with Gasteiger partial charge in [-0.1, -0.05) is 78.9 Å². The normalized spacial score (nSPS) is 12.1. The number of anilines is 1. The van der Waals surface area contributed by atoms with E-state index in [0.717, 1.165) is 38.5 Å². The predicted octanol–water partition coefficient (Wildman–Crippen LogP) is 8.99. The number of nitriles is 1. The van der Waals surface area contributed by atoms with Crippen LogP contribution in [0.3, 0.4) is 0 Å². The van der Waals surface area contributed by atoms with Crippen LogP contribution in [0.5, 0.6) is 0 Å². The molecule has 0 radical (unpaired) electrons. The van der Waals surface area contributed by atoms with E-state index in [2.05, 4.69) is 40.9 Å². The fourth-order valence-corrected chi connectivity index (χ4v) is 6.19. The van der Waals surface area contributed by atoms with Gasteiger partial charge < -0.3 is 4.57 Å². The molecule has 2 aromatic heterocycles. The highest BCUT2D eigenvalue weighted by Crippen LogP contribution is 2.39. The van der Waals surface area contributed by atoms with Crippen molar-refractivity contribution in [2.45, 2.75) is 0 Å². The van der Waals surface area contributed by atoms with Gasteiger partial charge in [-0.3, -0.25) is 9.59 Å². The van der Waals surface area contributed by atoms with E-state index in [1.54, 1.807) is 18.2 Å². The van der Waals surface area contributed by atoms with E-state index < -0.39 is 0 Å². The molecule has 0 bridgehead atoms. The Kier molecular flexibility index (Phi) is 7.05. The zero-order chi connectivity index (χ0) is 31.8. The van der Waals surface area contributed by atoms with Crippen LogP contribution in [0.15, 0.2) is 147 Å². The summed E-state index contributed by atoms with van der Waals surface area (Å²) in [7, 11) is 0. The molecule has 1 aliphatic heterocycles. The molecular weight excluding hydrogens is 568 g/mol. The second kappa shape index (κ2) is 11.5. The first-order chi connectivity index (χ1) is 22.6. The van der Waals surface area contributed by atoms with Gasteiger partial charge in [0, 0.05) is 16.3 Å². The lowest BCUT2D eigenvalue weighted by molar-refractivity contribution is 0.0926. The van der Waals surface area contributed by atoms with E-state index >= 15 is 0 Å². The SMILES string of the molecule is C=C.N#Cc1cccc(-c2ccc3c(c2)c2ccccc2n3-c2cccc3c2C(=O)N(c2cccc(-c4ccccc4)c2)C3=O)n1. The number of aromatic nitrogens is 2. The number of rotatable bonds is 4. The van der Waals surface area contributed by atoms with Crippen LogP contribution in [0.1, 0.15) is 26.4 Å². The first kappa shape index (κ1) is 28.2. The maximum Gasteiger partial charge on any atom is 0.268 e. The number of hydrogen-bond donors (Lipinski definition) is 0. The van der Waals surface area contributed by atoms with Crippen molar-refractivity contribution in [1.29, 1.82) is 5.26 Å². The van der Waals surface area contributed by atoms with Gasteiger partial charge in [0.1, 0.15) is 11.8 Å². The van der Waals surface area contributed by atoms with Gasteiger partial charge in [0.15, 0.2) is 0 Å². The molecule has 0 aliphatic carbocycles. The summed E-state index contributed by atoms with van der Waals surface area (Å²) in [6.07, 6.45) is 0. The molecule has 0 atom stereocenters. The standard InChI is InChI=1S/C38H22N4O2.C2H4/c39-23-27-12-7-16-32(40-27)26-19-20-34-31(22-26)29-14-4-5-17-33(29)42(34)35-18-8-15-30-36(35)38(44)41(37(30)43)28-13-6-11-25(21-28)24-9-2-1-3-10-24;1-2/h1-22H;1-2H2. The first-order valence-corrected chi connectivity index (χ1v) is 14.7. The Morgan fingerprint density at radius 2 is 1.33 bits per heavy atom. The van der Waals surface area contributed by atoms with Crippen molar-refractivity contribution in [2.75, 3.05) is 4.90 Å². The molecule has 2 amide bonds. The molecule has 5 aromatic carbocycles. The lowest BCUT2D eigenvalue weighted by Gasteiger charge is -2.16. The highest BCUT2D eigenvalue weighted by atomic mass is 16.2. The minimum absolute atomic E-state index is 0.344. The lowest BCUT2D eigenvalue weighted by Crippen LogP contribution is -2.29. The van der Waals surface area contributed by atoms with E-state index in [9.17, 15) is 14.9 Å². The molecule has 0 saturated heterocycles. The Balaban J connectivity index is 0.00000166. The van der Waals surface area contributed by atoms with Gasteiger partial charge >= 0.3 is 0 Å². The largest absolute Gasteiger partial charge is 0.308 e. The van der Waals surface area contributed by atoms with Gasteiger partial charge in [0.25, 0.3) is 11.8 Å². The van der Waals surface area contributed by atoms with Crippen molar-refractivity contribution in [2.24, 2.45) is 0 Å². The molecule has 0 unspecified atom stereocenters. The number of benzene rings is 5. The summed E-state index contributed by atoms with van der Waals surface area (Å²) in [4.78, 5) is 33.8. The first-order valence-electron chi connectivity index (χ1n) is 14.7. The Morgan fingerprint density at radius 3 is 2.15 bits per heavy atom. The topological polar surface area (TPSA) is 79.0 Å². The molecule has 1 aliphatic rings. The molecule has 6 heteroatoms. The zero-order valence-electron chi connectivity index (χ0n) is 24.7. The zero-order valence-corrected chi connectivity index (χ0v) is 24.7. The van der Waals surface area contributed by atoms with Crippen molar-refractivity contribution in [3.8, 4) is 34.1 Å². The van der Waals surface area contributed by atoms with Crippen LogP contribution in [0, 0.1) is 11.3 Å². The van der Waals surface area contributed by atoms with Gasteiger partial charge in [-0.25, -0.2) is 9.88 Å². The Morgan fingerprint density at radius 1 is 0.609 bits per heavy atom. The van der Waals surface area contributed by atoms with Crippen molar-refractivity contribution >= 4 is 39.3 Å². The van der Waals surface area contributed by atoms with Gasteiger partial charge in [0.2, 0.25) is 0 Å². The number of fused-ring (bicyclic) bond motifs is 4. The highest BCUT2D eigenvalue weighted by Gasteiger charge is 2.39. The fraction of sp³-hybridized carbons (Fsp3) is 0. The molecule has 6 nitrogen and oxygen atoms in total. The quantitative estimate of drug-likeness (QED) is 0.150. The summed E-state index contributed by atoms with van der Waals surface area (Å²) in [6.45, 7) is 6.00. The number of imide groups is 1. The Bertz CT molecular complexity index is 2370. The number of carbonyl (C=O) groups is 2. The third-order valence-electron chi connectivity index (χ3n) is 8.18. The summed E-state index contributed by atoms with van der Waals surface area (Å²) in [5.41, 5.74) is 7.60. The van der Waals surface area contributed by atoms with Crippen LogP contribution >= 0.6 is 0 Å². The lowest BCUT2D eigenvalue weighted by atomic mass is 10.0. The number of nitrogens with zero attached hydrogens (tertiary/aromatic N) is 4. The number of pyridine rings is 1. The third-order valence-corrected chi connectivity index (χ3v) is 8.18. The van der Waals surface area contributed by atoms with E-state index in [0.29, 0.717) is 33.9 Å². The van der Waals surface area contributed by atoms with E-state index in [1.165, 1.54) is 4.90 Å². The monoisotopic (exact) mass is 594 g/mol. The van der Waals surface area contributed by atoms with Crippen LogP contribution in [0.25, 0.3) is 49.9 Å². The number of hydrogen-bond acceptors (Lipinski definition) is 4. The highest BCUT2D eigenvalue weighted by molar-refractivity contribution is 6.36. The molecule has 46 heavy (non-hydrogen) atoms. The summed E-state index contributed by atoms with van der Waals surface area (Å²) < 4.78 is 2.06. The Labute approximate surface area is 265 Å². The molecule has 218 valence electrons. The van der Waals surface area contributed by atoms with Crippen molar-refractivity contribution in [1.82, 2.24) is 9.55 Å². The minimum Gasteiger partial charge on any atom is -0.308 e. The minimum atomic E-state index is -0.356. The average Bonchev–Trinajstić information content (AvgIpc) is 3.59. The smallest absolute Gasteiger partial charge is 0.268 e. The number of amides is 2. The van der Waals surface area contributed by atoms with Crippen molar-refractivity contribution < 1.29 is 9.59 Å². The molecule has 0 fully saturated rings. The molecule has 8 rings (SSSR count). The fourth-order valence-electron chi connectivity index (χ4n) is 6.19. The van der Waals surface area contributed by atoms with E-state index in [1.807, 2.05) is 103 Å². The van der Waals surface area contributed by atoms with Crippen LogP contribution in [0.4, 0.5) is 5.69 Å². The van der Waals surface area contributed by atoms with E-state index in [-0.39, 0.29) is 11.8 Å². The second-order valence-electron chi connectivity index (χ2n) is 10.7. The number of para-hydroxylation sites is 1. The van der Waals surface area contributed by atoms with Gasteiger partial charge in [-0.2, -0.15) is 5.26 Å². The third kappa shape index (κ3) is 4.47. The molecule has 3 heterocycles. The average molecular weight is 595 g/mol. The maximum absolute atomic E-state index is 14.2. The molecule has 0 saturated carbocycles. The van der Waals surface area contributed by atoms with Crippen molar-refractivity contribution in [3.63, 3.8) is 0 Å². The van der Waals surface area contributed by atoms with Crippen molar-refractivity contribution in [3.05, 3.63) is 163 Å². The summed E-state index contributed by atoms with van der Waals surface area (Å²) in [5, 5.41) is 11.3. The second-order valence-corrected chi connectivity index (χ2v) is 10.7. The predicted molar refractivity (Wildman–Crippen MR) is 183 cm³/mol. The molecule has 0 spiro atoms. The van der Waals surface area contributed by atoms with Gasteiger partial charge in [-0.15, -0.1) is 13.2 Å². The Hall–Kier alpha value is -6.58. The summed E-state index contributed by atoms with van der Waals surface area (Å²) in [5.74, 6) is -0.700. The van der Waals surface area contributed by atoms with Gasteiger partial charge in [-0.05, 0) is 65.7 Å². The van der Waals surface area contributed by atoms with Gasteiger partial charge in [0.05, 0.1) is 39.2 Å². The van der Waals surface area contributed by atoms with Crippen LogP contribution < -0.4 is 4.90 Å². The van der Waals surface area contributed by atoms with Crippen LogP contribution in [-0.2, 0) is 0 Å². The summed E-state index contributed by atoms with van der Waals surface area (Å²) in [6, 6.07) is 44.4. The van der Waals surface area contributed by atoms with Crippen LogP contribution in [0.2, 0.25) is 0 Å². The number of carbonyl (C=O) groups excluding carboxylic acids is 2. The maximum atomic E-state index is 14.2. The molecule has 7 aromatic rings.